The van der Waals surface area contributed by atoms with E-state index in [1.807, 2.05) is 13.1 Å². The van der Waals surface area contributed by atoms with Gasteiger partial charge in [-0.2, -0.15) is 0 Å². The largest absolute Gasteiger partial charge is 0.373 e. The van der Waals surface area contributed by atoms with Gasteiger partial charge in [-0.15, -0.1) is 0 Å². The summed E-state index contributed by atoms with van der Waals surface area (Å²) in [6.45, 7) is 7.90. The summed E-state index contributed by atoms with van der Waals surface area (Å²) in [4.78, 5) is 9.00. The Labute approximate surface area is 124 Å². The van der Waals surface area contributed by atoms with Crippen LogP contribution in [0.1, 0.15) is 32.2 Å². The minimum Gasteiger partial charge on any atom is -0.373 e. The summed E-state index contributed by atoms with van der Waals surface area (Å²) < 4.78 is 13.6. The van der Waals surface area contributed by atoms with Crippen molar-refractivity contribution < 1.29 is 4.39 Å². The fourth-order valence-corrected chi connectivity index (χ4v) is 1.86. The predicted molar refractivity (Wildman–Crippen MR) is 84.7 cm³/mol. The second kappa shape index (κ2) is 5.68. The Hall–Kier alpha value is -2.17. The van der Waals surface area contributed by atoms with Gasteiger partial charge in [-0.25, -0.2) is 14.4 Å². The lowest BCUT2D eigenvalue weighted by Gasteiger charge is -2.19. The summed E-state index contributed by atoms with van der Waals surface area (Å²) in [6.07, 6.45) is 0. The normalized spacial score (nSPS) is 11.3. The molecule has 0 aliphatic heterocycles. The van der Waals surface area contributed by atoms with E-state index in [9.17, 15) is 4.39 Å². The van der Waals surface area contributed by atoms with E-state index in [1.54, 1.807) is 19.1 Å². The topological polar surface area (TPSA) is 49.8 Å². The van der Waals surface area contributed by atoms with Gasteiger partial charge in [0.25, 0.3) is 0 Å². The third-order valence-corrected chi connectivity index (χ3v) is 3.18. The molecule has 0 saturated carbocycles. The van der Waals surface area contributed by atoms with Crippen LogP contribution in [-0.2, 0) is 5.41 Å². The zero-order valence-electron chi connectivity index (χ0n) is 13.1. The summed E-state index contributed by atoms with van der Waals surface area (Å²) in [5, 5.41) is 6.20. The molecule has 0 unspecified atom stereocenters. The molecule has 0 aliphatic rings. The standard InChI is InChI=1S/C16H21FN4/c1-10-11(17)7-6-8-12(10)19-14-9-13(18-5)20-15(21-14)16(2,3)4/h6-9H,1-5H3,(H2,18,19,20,21). The summed E-state index contributed by atoms with van der Waals surface area (Å²) >= 11 is 0. The number of aromatic nitrogens is 2. The van der Waals surface area contributed by atoms with Crippen LogP contribution >= 0.6 is 0 Å². The summed E-state index contributed by atoms with van der Waals surface area (Å²) in [5.74, 6) is 1.87. The minimum atomic E-state index is -0.237. The van der Waals surface area contributed by atoms with Gasteiger partial charge in [-0.1, -0.05) is 26.8 Å². The lowest BCUT2D eigenvalue weighted by atomic mass is 9.96. The molecular weight excluding hydrogens is 267 g/mol. The van der Waals surface area contributed by atoms with Crippen molar-refractivity contribution in [1.82, 2.24) is 9.97 Å². The van der Waals surface area contributed by atoms with Crippen LogP contribution in [0, 0.1) is 12.7 Å². The van der Waals surface area contributed by atoms with Gasteiger partial charge >= 0.3 is 0 Å². The lowest BCUT2D eigenvalue weighted by Crippen LogP contribution is -2.17. The molecule has 0 fully saturated rings. The number of anilines is 3. The molecule has 0 aliphatic carbocycles. The first-order chi connectivity index (χ1) is 9.81. The summed E-state index contributed by atoms with van der Waals surface area (Å²) in [5.41, 5.74) is 1.11. The Morgan fingerprint density at radius 3 is 2.38 bits per heavy atom. The maximum absolute atomic E-state index is 13.6. The van der Waals surface area contributed by atoms with E-state index in [0.717, 1.165) is 11.6 Å². The van der Waals surface area contributed by atoms with E-state index < -0.39 is 0 Å². The van der Waals surface area contributed by atoms with Crippen molar-refractivity contribution >= 4 is 17.3 Å². The monoisotopic (exact) mass is 288 g/mol. The highest BCUT2D eigenvalue weighted by Gasteiger charge is 2.19. The number of hydrogen-bond donors (Lipinski definition) is 2. The predicted octanol–water partition coefficient (Wildman–Crippen LogP) is 4.01. The Morgan fingerprint density at radius 2 is 1.76 bits per heavy atom. The highest BCUT2D eigenvalue weighted by atomic mass is 19.1. The Bertz CT molecular complexity index is 647. The fourth-order valence-electron chi connectivity index (χ4n) is 1.86. The first kappa shape index (κ1) is 15.2. The van der Waals surface area contributed by atoms with Crippen molar-refractivity contribution in [3.63, 3.8) is 0 Å². The minimum absolute atomic E-state index is 0.166. The van der Waals surface area contributed by atoms with Crippen molar-refractivity contribution in [1.29, 1.82) is 0 Å². The Morgan fingerprint density at radius 1 is 1.10 bits per heavy atom. The Balaban J connectivity index is 2.42. The average molecular weight is 288 g/mol. The molecule has 2 rings (SSSR count). The second-order valence-electron chi connectivity index (χ2n) is 6.00. The van der Waals surface area contributed by atoms with Crippen molar-refractivity contribution in [3.05, 3.63) is 41.5 Å². The average Bonchev–Trinajstić information content (AvgIpc) is 2.42. The van der Waals surface area contributed by atoms with Crippen molar-refractivity contribution in [2.45, 2.75) is 33.1 Å². The van der Waals surface area contributed by atoms with Gasteiger partial charge < -0.3 is 10.6 Å². The molecule has 112 valence electrons. The van der Waals surface area contributed by atoms with Crippen molar-refractivity contribution in [2.24, 2.45) is 0 Å². The first-order valence-corrected chi connectivity index (χ1v) is 6.90. The van der Waals surface area contributed by atoms with E-state index in [4.69, 9.17) is 0 Å². The van der Waals surface area contributed by atoms with Gasteiger partial charge in [0.2, 0.25) is 0 Å². The summed E-state index contributed by atoms with van der Waals surface area (Å²) in [7, 11) is 1.81. The van der Waals surface area contributed by atoms with Crippen molar-refractivity contribution in [2.75, 3.05) is 17.7 Å². The number of nitrogens with one attached hydrogen (secondary N) is 2. The molecule has 0 atom stereocenters. The van der Waals surface area contributed by atoms with Crippen molar-refractivity contribution in [3.8, 4) is 0 Å². The molecule has 0 spiro atoms. The van der Waals surface area contributed by atoms with Gasteiger partial charge in [-0.3, -0.25) is 0 Å². The van der Waals surface area contributed by atoms with Gasteiger partial charge in [0, 0.05) is 29.8 Å². The van der Waals surface area contributed by atoms with Crippen LogP contribution in [0.5, 0.6) is 0 Å². The molecule has 2 N–H and O–H groups in total. The van der Waals surface area contributed by atoms with E-state index in [-0.39, 0.29) is 11.2 Å². The number of nitrogens with zero attached hydrogens (tertiary/aromatic N) is 2. The van der Waals surface area contributed by atoms with E-state index in [1.165, 1.54) is 6.07 Å². The van der Waals surface area contributed by atoms with E-state index >= 15 is 0 Å². The highest BCUT2D eigenvalue weighted by molar-refractivity contribution is 5.62. The molecule has 1 heterocycles. The molecule has 0 amide bonds. The van der Waals surface area contributed by atoms with Crippen LogP contribution in [0.2, 0.25) is 0 Å². The number of benzene rings is 1. The molecule has 5 heteroatoms. The molecule has 1 aromatic carbocycles. The van der Waals surface area contributed by atoms with Gasteiger partial charge in [-0.05, 0) is 19.1 Å². The molecular formula is C16H21FN4. The zero-order chi connectivity index (χ0) is 15.6. The molecule has 0 saturated heterocycles. The van der Waals surface area contributed by atoms with Crippen LogP contribution in [0.25, 0.3) is 0 Å². The maximum Gasteiger partial charge on any atom is 0.138 e. The fraction of sp³-hybridized carbons (Fsp3) is 0.375. The molecule has 0 bridgehead atoms. The molecule has 1 aromatic heterocycles. The quantitative estimate of drug-likeness (QED) is 0.896. The van der Waals surface area contributed by atoms with E-state index in [0.29, 0.717) is 17.1 Å². The van der Waals surface area contributed by atoms with E-state index in [2.05, 4.69) is 41.4 Å². The van der Waals surface area contributed by atoms with Crippen LogP contribution in [0.4, 0.5) is 21.7 Å². The van der Waals surface area contributed by atoms with Crippen LogP contribution in [-0.4, -0.2) is 17.0 Å². The van der Waals surface area contributed by atoms with Crippen LogP contribution < -0.4 is 10.6 Å². The smallest absolute Gasteiger partial charge is 0.138 e. The number of rotatable bonds is 3. The second-order valence-corrected chi connectivity index (χ2v) is 6.00. The van der Waals surface area contributed by atoms with Crippen LogP contribution in [0.15, 0.2) is 24.3 Å². The molecule has 21 heavy (non-hydrogen) atoms. The summed E-state index contributed by atoms with van der Waals surface area (Å²) in [6, 6.07) is 6.76. The maximum atomic E-state index is 13.6. The molecule has 0 radical (unpaired) electrons. The molecule has 4 nitrogen and oxygen atoms in total. The van der Waals surface area contributed by atoms with Gasteiger partial charge in [0.15, 0.2) is 0 Å². The van der Waals surface area contributed by atoms with Gasteiger partial charge in [0.05, 0.1) is 0 Å². The zero-order valence-corrected chi connectivity index (χ0v) is 13.1. The molecule has 2 aromatic rings. The SMILES string of the molecule is CNc1cc(Nc2cccc(F)c2C)nc(C(C)(C)C)n1. The lowest BCUT2D eigenvalue weighted by molar-refractivity contribution is 0.547. The first-order valence-electron chi connectivity index (χ1n) is 6.90. The Kier molecular flexibility index (Phi) is 4.11. The third kappa shape index (κ3) is 3.48. The van der Waals surface area contributed by atoms with Crippen LogP contribution in [0.3, 0.4) is 0 Å². The highest BCUT2D eigenvalue weighted by Crippen LogP contribution is 2.26. The third-order valence-electron chi connectivity index (χ3n) is 3.18. The van der Waals surface area contributed by atoms with Gasteiger partial charge in [0.1, 0.15) is 23.3 Å². The number of hydrogen-bond acceptors (Lipinski definition) is 4. The number of halogens is 1.